The van der Waals surface area contributed by atoms with Crippen LogP contribution in [-0.2, 0) is 17.8 Å². The predicted octanol–water partition coefficient (Wildman–Crippen LogP) is 1.97. The smallest absolute Gasteiger partial charge is 0.355 e. The highest BCUT2D eigenvalue weighted by Gasteiger charge is 2.45. The number of hydrogen-bond acceptors (Lipinski definition) is 7. The van der Waals surface area contributed by atoms with E-state index in [1.54, 1.807) is 31.2 Å². The van der Waals surface area contributed by atoms with Gasteiger partial charge in [-0.2, -0.15) is 23.7 Å². The molecule has 3 rings (SSSR count). The van der Waals surface area contributed by atoms with Crippen LogP contribution < -0.4 is 25.4 Å². The van der Waals surface area contributed by atoms with Crippen LogP contribution in [0.25, 0.3) is 11.5 Å². The first-order chi connectivity index (χ1) is 18.2. The van der Waals surface area contributed by atoms with Crippen molar-refractivity contribution in [2.45, 2.75) is 44.9 Å². The Morgan fingerprint density at radius 3 is 2.79 bits per heavy atom. The number of carbonyl (C=O) groups is 1. The number of alkyl halides is 3. The molecule has 8 nitrogen and oxygen atoms in total. The zero-order valence-corrected chi connectivity index (χ0v) is 21.4. The average Bonchev–Trinajstić information content (AvgIpc) is 3.49. The Hall–Kier alpha value is -4.05. The van der Waals surface area contributed by atoms with Crippen LogP contribution in [-0.4, -0.2) is 47.2 Å². The van der Waals surface area contributed by atoms with Crippen molar-refractivity contribution in [1.29, 1.82) is 10.5 Å². The van der Waals surface area contributed by atoms with Gasteiger partial charge in [0, 0.05) is 25.0 Å². The maximum Gasteiger partial charge on any atom is 0.404 e. The first kappa shape index (κ1) is 28.5. The first-order valence-corrected chi connectivity index (χ1v) is 12.7. The van der Waals surface area contributed by atoms with Crippen molar-refractivity contribution >= 4 is 34.4 Å². The molecule has 2 heterocycles. The summed E-state index contributed by atoms with van der Waals surface area (Å²) in [4.78, 5) is 26.2. The van der Waals surface area contributed by atoms with Gasteiger partial charge in [-0.15, -0.1) is 0 Å². The minimum atomic E-state index is -4.22. The third-order valence-electron chi connectivity index (χ3n) is 5.90. The fourth-order valence-electron chi connectivity index (χ4n) is 4.07. The van der Waals surface area contributed by atoms with Crippen LogP contribution in [0.15, 0.2) is 40.8 Å². The fourth-order valence-corrected chi connectivity index (χ4v) is 5.06. The second-order valence-corrected chi connectivity index (χ2v) is 9.36. The van der Waals surface area contributed by atoms with E-state index in [9.17, 15) is 28.0 Å². The number of rotatable bonds is 8. The number of likely N-dealkylation sites (tertiary alicyclic amines) is 1. The van der Waals surface area contributed by atoms with Gasteiger partial charge in [0.1, 0.15) is 27.9 Å². The number of amides is 1. The molecular weight excluding hydrogens is 517 g/mol. The highest BCUT2D eigenvalue weighted by Crippen LogP contribution is 2.32. The monoisotopic (exact) mass is 542 g/mol. The normalized spacial score (nSPS) is 15.1. The summed E-state index contributed by atoms with van der Waals surface area (Å²) in [6, 6.07) is 9.35. The van der Waals surface area contributed by atoms with Gasteiger partial charge in [0.2, 0.25) is 0 Å². The van der Waals surface area contributed by atoms with Gasteiger partial charge >= 0.3 is 6.18 Å². The van der Waals surface area contributed by atoms with E-state index in [0.717, 1.165) is 16.9 Å². The lowest BCUT2D eigenvalue weighted by Crippen LogP contribution is -2.42. The van der Waals surface area contributed by atoms with Crippen molar-refractivity contribution in [2.24, 2.45) is 0 Å². The lowest BCUT2D eigenvalue weighted by atomic mass is 10.1. The van der Waals surface area contributed by atoms with Crippen LogP contribution in [0.4, 0.5) is 18.9 Å². The summed E-state index contributed by atoms with van der Waals surface area (Å²) in [5.74, 6) is -0.765. The Bertz CT molecular complexity index is 1520. The maximum atomic E-state index is 13.2. The minimum Gasteiger partial charge on any atom is -0.355 e. The van der Waals surface area contributed by atoms with E-state index in [4.69, 9.17) is 5.26 Å². The molecule has 1 fully saturated rings. The SMILES string of the molecule is CCn1c(=C=C(C#N)C(=O)NCC#N)sc(=C=CNc2cccc(CCN3CCCC3C(F)(F)F)c2)c1=O. The number of nitrogens with one attached hydrogen (secondary N) is 2. The quantitative estimate of drug-likeness (QED) is 0.300. The van der Waals surface area contributed by atoms with E-state index in [0.29, 0.717) is 31.6 Å². The molecule has 1 aliphatic heterocycles. The Kier molecular flexibility index (Phi) is 9.72. The van der Waals surface area contributed by atoms with Crippen LogP contribution >= 0.6 is 11.3 Å². The summed E-state index contributed by atoms with van der Waals surface area (Å²) < 4.78 is 41.4. The third-order valence-corrected chi connectivity index (χ3v) is 6.91. The van der Waals surface area contributed by atoms with Crippen LogP contribution in [0, 0.1) is 22.7 Å². The number of nitrogens with zero attached hydrogens (tertiary/aromatic N) is 4. The molecule has 0 bridgehead atoms. The molecule has 1 aliphatic rings. The molecule has 0 radical (unpaired) electrons. The molecule has 1 amide bonds. The lowest BCUT2D eigenvalue weighted by Gasteiger charge is -2.26. The van der Waals surface area contributed by atoms with Gasteiger partial charge in [-0.05, 0) is 50.4 Å². The Labute approximate surface area is 220 Å². The largest absolute Gasteiger partial charge is 0.404 e. The first-order valence-electron chi connectivity index (χ1n) is 11.8. The Balaban J connectivity index is 1.81. The zero-order chi connectivity index (χ0) is 27.7. The lowest BCUT2D eigenvalue weighted by molar-refractivity contribution is -0.175. The number of thiazole rings is 1. The fraction of sp³-hybridized carbons (Fsp3) is 0.385. The third kappa shape index (κ3) is 7.25. The molecule has 0 saturated carbocycles. The number of carbonyl (C=O) groups excluding carboxylic acids is 1. The summed E-state index contributed by atoms with van der Waals surface area (Å²) in [5, 5.41) is 23.1. The van der Waals surface area contributed by atoms with Gasteiger partial charge < -0.3 is 10.6 Å². The van der Waals surface area contributed by atoms with Crippen LogP contribution in [0.1, 0.15) is 25.3 Å². The summed E-state index contributed by atoms with van der Waals surface area (Å²) in [5.41, 5.74) is 6.35. The highest BCUT2D eigenvalue weighted by molar-refractivity contribution is 7.07. The van der Waals surface area contributed by atoms with E-state index < -0.39 is 18.1 Å². The van der Waals surface area contributed by atoms with Gasteiger partial charge in [-0.1, -0.05) is 34.9 Å². The molecule has 2 N–H and O–H groups in total. The van der Waals surface area contributed by atoms with Gasteiger partial charge in [-0.3, -0.25) is 19.1 Å². The molecule has 1 aromatic carbocycles. The van der Waals surface area contributed by atoms with Crippen molar-refractivity contribution < 1.29 is 18.0 Å². The number of benzene rings is 1. The van der Waals surface area contributed by atoms with Crippen molar-refractivity contribution in [2.75, 3.05) is 25.0 Å². The predicted molar refractivity (Wildman–Crippen MR) is 137 cm³/mol. The number of aromatic nitrogens is 1. The van der Waals surface area contributed by atoms with E-state index in [2.05, 4.69) is 22.1 Å². The Morgan fingerprint density at radius 1 is 1.32 bits per heavy atom. The van der Waals surface area contributed by atoms with Crippen molar-refractivity contribution in [3.8, 4) is 12.1 Å². The van der Waals surface area contributed by atoms with E-state index in [1.165, 1.54) is 15.7 Å². The summed E-state index contributed by atoms with van der Waals surface area (Å²) in [6.07, 6.45) is -1.63. The second kappa shape index (κ2) is 13.0. The van der Waals surface area contributed by atoms with Gasteiger partial charge in [-0.25, -0.2) is 0 Å². The molecule has 1 atom stereocenters. The number of halogens is 3. The topological polar surface area (TPSA) is 114 Å². The molecule has 1 unspecified atom stereocenters. The minimum absolute atomic E-state index is 0.135. The second-order valence-electron chi connectivity index (χ2n) is 8.36. The number of anilines is 1. The maximum absolute atomic E-state index is 13.2. The summed E-state index contributed by atoms with van der Waals surface area (Å²) >= 11 is 1.00. The molecule has 0 aliphatic carbocycles. The summed E-state index contributed by atoms with van der Waals surface area (Å²) in [7, 11) is 0. The molecule has 0 spiro atoms. The van der Waals surface area contributed by atoms with Gasteiger partial charge in [0.05, 0.1) is 6.07 Å². The van der Waals surface area contributed by atoms with Crippen LogP contribution in [0.2, 0.25) is 0 Å². The van der Waals surface area contributed by atoms with Crippen molar-refractivity contribution in [3.05, 3.63) is 61.2 Å². The molecule has 2 aromatic rings. The van der Waals surface area contributed by atoms with Crippen molar-refractivity contribution in [3.63, 3.8) is 0 Å². The number of hydrogen-bond donors (Lipinski definition) is 2. The van der Waals surface area contributed by atoms with Crippen LogP contribution in [0.3, 0.4) is 0 Å². The van der Waals surface area contributed by atoms with E-state index in [-0.39, 0.29) is 39.8 Å². The van der Waals surface area contributed by atoms with Gasteiger partial charge in [0.15, 0.2) is 5.57 Å². The Morgan fingerprint density at radius 2 is 2.11 bits per heavy atom. The summed E-state index contributed by atoms with van der Waals surface area (Å²) in [6.45, 7) is 2.49. The van der Waals surface area contributed by atoms with Crippen molar-refractivity contribution in [1.82, 2.24) is 14.8 Å². The average molecular weight is 543 g/mol. The van der Waals surface area contributed by atoms with E-state index in [1.807, 2.05) is 12.1 Å². The van der Waals surface area contributed by atoms with Gasteiger partial charge in [0.25, 0.3) is 11.5 Å². The molecule has 1 saturated heterocycles. The molecule has 1 aromatic heterocycles. The molecule has 38 heavy (non-hydrogen) atoms. The zero-order valence-electron chi connectivity index (χ0n) is 20.6. The van der Waals surface area contributed by atoms with Crippen LogP contribution in [0.5, 0.6) is 0 Å². The molecular formula is C26H25F3N6O2S. The highest BCUT2D eigenvalue weighted by atomic mass is 32.1. The van der Waals surface area contributed by atoms with E-state index >= 15 is 0 Å². The molecule has 198 valence electrons. The number of nitriles is 2. The standard InChI is InChI=1S/C26H25F3N6O2S/c1-2-35-23(16-19(17-31)24(36)33-12-10-30)38-21(25(35)37)8-11-32-20-6-3-5-18(15-20)9-14-34-13-4-7-22(34)26(27,28)29/h3,5-6,11,15,22,32H,2,4,7,9,12-14H2,1H3,(H,33,36). The molecule has 12 heteroatoms.